The maximum Gasteiger partial charge on any atom is 0.252 e. The number of nitrogens with zero attached hydrogens (tertiary/aromatic N) is 4. The molecule has 0 radical (unpaired) electrons. The van der Waals surface area contributed by atoms with Crippen LogP contribution in [0.25, 0.3) is 11.3 Å². The van der Waals surface area contributed by atoms with E-state index in [0.717, 1.165) is 49.1 Å². The lowest BCUT2D eigenvalue weighted by molar-refractivity contribution is 0.226. The van der Waals surface area contributed by atoms with Gasteiger partial charge in [0, 0.05) is 37.8 Å². The molecule has 7 nitrogen and oxygen atoms in total. The maximum absolute atomic E-state index is 11.4. The second kappa shape index (κ2) is 6.90. The summed E-state index contributed by atoms with van der Waals surface area (Å²) in [5.74, 6) is 1.45. The first kappa shape index (κ1) is 15.6. The third kappa shape index (κ3) is 3.61. The number of aromatic amines is 1. The van der Waals surface area contributed by atoms with E-state index in [1.54, 1.807) is 6.26 Å². The van der Waals surface area contributed by atoms with Crippen molar-refractivity contribution in [2.45, 2.75) is 6.54 Å². The zero-order valence-corrected chi connectivity index (χ0v) is 13.8. The molecule has 0 saturated carbocycles. The Hall–Kier alpha value is -2.93. The van der Waals surface area contributed by atoms with Gasteiger partial charge in [-0.3, -0.25) is 9.69 Å². The van der Waals surface area contributed by atoms with Gasteiger partial charge in [-0.1, -0.05) is 30.3 Å². The largest absolute Gasteiger partial charge is 0.447 e. The summed E-state index contributed by atoms with van der Waals surface area (Å²) in [7, 11) is 0. The van der Waals surface area contributed by atoms with Gasteiger partial charge in [0.15, 0.2) is 0 Å². The molecule has 1 aliphatic heterocycles. The van der Waals surface area contributed by atoms with E-state index in [9.17, 15) is 4.79 Å². The first-order chi connectivity index (χ1) is 12.3. The minimum atomic E-state index is -0.124. The number of piperazine rings is 1. The SMILES string of the molecule is O=c1cc(N2CCN(Cc3nc(-c4ccccc4)co3)CC2)nc[nH]1. The van der Waals surface area contributed by atoms with Crippen LogP contribution in [-0.2, 0) is 6.54 Å². The van der Waals surface area contributed by atoms with E-state index in [1.165, 1.54) is 12.4 Å². The maximum atomic E-state index is 11.4. The van der Waals surface area contributed by atoms with Crippen LogP contribution in [0.1, 0.15) is 5.89 Å². The van der Waals surface area contributed by atoms with Crippen molar-refractivity contribution in [3.8, 4) is 11.3 Å². The molecule has 0 atom stereocenters. The average molecular weight is 337 g/mol. The first-order valence-electron chi connectivity index (χ1n) is 8.30. The number of oxazole rings is 1. The van der Waals surface area contributed by atoms with Crippen LogP contribution in [0, 0.1) is 0 Å². The molecule has 0 amide bonds. The Morgan fingerprint density at radius 3 is 2.68 bits per heavy atom. The van der Waals surface area contributed by atoms with E-state index < -0.39 is 0 Å². The third-order valence-electron chi connectivity index (χ3n) is 4.34. The summed E-state index contributed by atoms with van der Waals surface area (Å²) in [5.41, 5.74) is 1.80. The van der Waals surface area contributed by atoms with Crippen LogP contribution in [0.3, 0.4) is 0 Å². The summed E-state index contributed by atoms with van der Waals surface area (Å²) in [6.07, 6.45) is 3.16. The fraction of sp³-hybridized carbons (Fsp3) is 0.278. The molecular weight excluding hydrogens is 318 g/mol. The molecule has 0 bridgehead atoms. The van der Waals surface area contributed by atoms with Crippen LogP contribution < -0.4 is 10.5 Å². The zero-order chi connectivity index (χ0) is 17.1. The standard InChI is InChI=1S/C18H19N5O2/c24-17-10-16(19-13-20-17)23-8-6-22(7-9-23)11-18-21-15(12-25-18)14-4-2-1-3-5-14/h1-5,10,12-13H,6-9,11H2,(H,19,20,24). The Balaban J connectivity index is 1.36. The van der Waals surface area contributed by atoms with Crippen LogP contribution in [0.2, 0.25) is 0 Å². The molecule has 2 aromatic heterocycles. The minimum Gasteiger partial charge on any atom is -0.447 e. The van der Waals surface area contributed by atoms with E-state index in [0.29, 0.717) is 6.54 Å². The number of anilines is 1. The molecule has 1 aromatic carbocycles. The van der Waals surface area contributed by atoms with Crippen LogP contribution in [0.4, 0.5) is 5.82 Å². The molecule has 128 valence electrons. The van der Waals surface area contributed by atoms with E-state index >= 15 is 0 Å². The number of rotatable bonds is 4. The second-order valence-electron chi connectivity index (χ2n) is 6.03. The highest BCUT2D eigenvalue weighted by Gasteiger charge is 2.20. The van der Waals surface area contributed by atoms with E-state index in [4.69, 9.17) is 4.42 Å². The summed E-state index contributed by atoms with van der Waals surface area (Å²) in [4.78, 5) is 27.2. The fourth-order valence-corrected chi connectivity index (χ4v) is 2.98. The van der Waals surface area contributed by atoms with E-state index in [2.05, 4.69) is 24.8 Å². The van der Waals surface area contributed by atoms with Crippen molar-refractivity contribution in [1.29, 1.82) is 0 Å². The lowest BCUT2D eigenvalue weighted by Crippen LogP contribution is -2.46. The van der Waals surface area contributed by atoms with Crippen molar-refractivity contribution >= 4 is 5.82 Å². The predicted octanol–water partition coefficient (Wildman–Crippen LogP) is 1.75. The van der Waals surface area contributed by atoms with Crippen molar-refractivity contribution in [3.63, 3.8) is 0 Å². The number of hydrogen-bond acceptors (Lipinski definition) is 6. The van der Waals surface area contributed by atoms with Crippen molar-refractivity contribution in [2.75, 3.05) is 31.1 Å². The molecule has 1 aliphatic rings. The molecule has 3 heterocycles. The van der Waals surface area contributed by atoms with Crippen LogP contribution in [0.15, 0.2) is 58.2 Å². The van der Waals surface area contributed by atoms with Gasteiger partial charge in [-0.05, 0) is 0 Å². The molecule has 7 heteroatoms. The minimum absolute atomic E-state index is 0.124. The van der Waals surface area contributed by atoms with E-state index in [-0.39, 0.29) is 5.56 Å². The van der Waals surface area contributed by atoms with Gasteiger partial charge < -0.3 is 14.3 Å². The number of benzene rings is 1. The lowest BCUT2D eigenvalue weighted by Gasteiger charge is -2.34. The molecule has 0 aliphatic carbocycles. The Morgan fingerprint density at radius 2 is 1.92 bits per heavy atom. The molecule has 3 aromatic rings. The summed E-state index contributed by atoms with van der Waals surface area (Å²) >= 11 is 0. The van der Waals surface area contributed by atoms with Gasteiger partial charge in [0.25, 0.3) is 5.56 Å². The van der Waals surface area contributed by atoms with Crippen molar-refractivity contribution in [3.05, 3.63) is 65.2 Å². The summed E-state index contributed by atoms with van der Waals surface area (Å²) < 4.78 is 5.62. The predicted molar refractivity (Wildman–Crippen MR) is 94.3 cm³/mol. The quantitative estimate of drug-likeness (QED) is 0.781. The monoisotopic (exact) mass is 337 g/mol. The highest BCUT2D eigenvalue weighted by Crippen LogP contribution is 2.19. The molecule has 0 unspecified atom stereocenters. The topological polar surface area (TPSA) is 78.3 Å². The lowest BCUT2D eigenvalue weighted by atomic mass is 10.2. The van der Waals surface area contributed by atoms with Gasteiger partial charge >= 0.3 is 0 Å². The Kier molecular flexibility index (Phi) is 4.30. The third-order valence-corrected chi connectivity index (χ3v) is 4.34. The average Bonchev–Trinajstić information content (AvgIpc) is 3.12. The Labute approximate surface area is 144 Å². The number of H-pyrrole nitrogens is 1. The molecule has 0 spiro atoms. The van der Waals surface area contributed by atoms with Crippen LogP contribution in [0.5, 0.6) is 0 Å². The normalized spacial score (nSPS) is 15.4. The second-order valence-corrected chi connectivity index (χ2v) is 6.03. The Morgan fingerprint density at radius 1 is 1.12 bits per heavy atom. The van der Waals surface area contributed by atoms with Gasteiger partial charge in [0.2, 0.25) is 5.89 Å². The molecule has 4 rings (SSSR count). The zero-order valence-electron chi connectivity index (χ0n) is 13.8. The van der Waals surface area contributed by atoms with Gasteiger partial charge in [-0.15, -0.1) is 0 Å². The van der Waals surface area contributed by atoms with Crippen molar-refractivity contribution < 1.29 is 4.42 Å². The van der Waals surface area contributed by atoms with Crippen LogP contribution in [-0.4, -0.2) is 46.0 Å². The highest BCUT2D eigenvalue weighted by molar-refractivity contribution is 5.57. The smallest absolute Gasteiger partial charge is 0.252 e. The van der Waals surface area contributed by atoms with Gasteiger partial charge in [-0.2, -0.15) is 0 Å². The first-order valence-corrected chi connectivity index (χ1v) is 8.30. The van der Waals surface area contributed by atoms with Crippen LogP contribution >= 0.6 is 0 Å². The number of aromatic nitrogens is 3. The molecule has 1 fully saturated rings. The Bertz CT molecular complexity index is 881. The number of hydrogen-bond donors (Lipinski definition) is 1. The summed E-state index contributed by atoms with van der Waals surface area (Å²) in [6, 6.07) is 11.6. The highest BCUT2D eigenvalue weighted by atomic mass is 16.3. The van der Waals surface area contributed by atoms with E-state index in [1.807, 2.05) is 30.3 Å². The van der Waals surface area contributed by atoms with Gasteiger partial charge in [0.05, 0.1) is 12.9 Å². The fourth-order valence-electron chi connectivity index (χ4n) is 2.98. The summed E-state index contributed by atoms with van der Waals surface area (Å²) in [5, 5.41) is 0. The number of nitrogens with one attached hydrogen (secondary N) is 1. The van der Waals surface area contributed by atoms with Crippen molar-refractivity contribution in [1.82, 2.24) is 19.9 Å². The molecular formula is C18H19N5O2. The molecule has 25 heavy (non-hydrogen) atoms. The van der Waals surface area contributed by atoms with Gasteiger partial charge in [-0.25, -0.2) is 9.97 Å². The summed E-state index contributed by atoms with van der Waals surface area (Å²) in [6.45, 7) is 4.07. The van der Waals surface area contributed by atoms with Crippen molar-refractivity contribution in [2.24, 2.45) is 0 Å². The van der Waals surface area contributed by atoms with Gasteiger partial charge in [0.1, 0.15) is 17.8 Å². The molecule has 1 saturated heterocycles. The molecule has 1 N–H and O–H groups in total.